The molecule has 0 heterocycles. The predicted molar refractivity (Wildman–Crippen MR) is 296 cm³/mol. The molecule has 10 rings (SSSR count). The lowest BCUT2D eigenvalue weighted by Gasteiger charge is -2.33. The fourth-order valence-electron chi connectivity index (χ4n) is 9.79. The average Bonchev–Trinajstić information content (AvgIpc) is 3.31. The van der Waals surface area contributed by atoms with Gasteiger partial charge in [0.15, 0.2) is 0 Å². The number of hydrogen-bond donors (Lipinski definition) is 0. The Morgan fingerprint density at radius 2 is 0.742 bits per heavy atom. The maximum absolute atomic E-state index is 2.57. The zero-order valence-corrected chi connectivity index (χ0v) is 41.9. The Balaban J connectivity index is 1.26. The number of benzene rings is 10. The van der Waals surface area contributed by atoms with Crippen molar-refractivity contribution < 1.29 is 0 Å². The lowest BCUT2D eigenvalue weighted by molar-refractivity contribution is 1.21. The Morgan fingerprint density at radius 1 is 0.348 bits per heavy atom. The Kier molecular flexibility index (Phi) is 10.9. The Hall–Kier alpha value is -6.59. The summed E-state index contributed by atoms with van der Waals surface area (Å²) in [7, 11) is -2.68. The summed E-state index contributed by atoms with van der Waals surface area (Å²) >= 11 is 0. The van der Waals surface area contributed by atoms with Crippen LogP contribution in [-0.4, -0.2) is 26.8 Å². The lowest BCUT2D eigenvalue weighted by atomic mass is 9.91. The average molecular weight is 893 g/mol. The van der Waals surface area contributed by atoms with Crippen LogP contribution >= 0.6 is 10.0 Å². The summed E-state index contributed by atoms with van der Waals surface area (Å²) in [5, 5.41) is 9.02. The van der Waals surface area contributed by atoms with E-state index in [1.165, 1.54) is 121 Å². The molecule has 4 heteroatoms. The Bertz CT molecular complexity index is 3200. The molecular weight excluding hydrogens is 833 g/mol. The molecule has 0 aliphatic rings. The summed E-state index contributed by atoms with van der Waals surface area (Å²) in [5.74, 6) is 0. The standard InChI is InChI=1S/C62H60N2SSi/c1-41-21-25-49(45-17-13-11-14-18-45)37-57(41)63(59-39-51(65(5,6)7)31-23-43(59)3)55-35-29-47-28-34-54-56(36-30-48-27-33-53(55)61(47)62(48)54)64(60-40-52(66(8,9)10)32-24-44(60)4)58-38-50(26-22-42(58)2)46-19-15-12-16-20-46/h11-40H,1-10H3. The van der Waals surface area contributed by atoms with E-state index in [0.717, 1.165) is 0 Å². The molecule has 328 valence electrons. The minimum atomic E-state index is -1.67. The highest BCUT2D eigenvalue weighted by Crippen LogP contribution is 2.52. The van der Waals surface area contributed by atoms with Crippen molar-refractivity contribution >= 4 is 89.7 Å². The molecule has 0 radical (unpaired) electrons. The molecule has 2 nitrogen and oxygen atoms in total. The maximum atomic E-state index is 2.57. The summed E-state index contributed by atoms with van der Waals surface area (Å²) in [6.45, 7) is 16.4. The second-order valence-electron chi connectivity index (χ2n) is 20.0. The van der Waals surface area contributed by atoms with Crippen LogP contribution in [0.2, 0.25) is 19.6 Å². The fraction of sp³-hybridized carbons (Fsp3) is 0.161. The topological polar surface area (TPSA) is 6.48 Å². The van der Waals surface area contributed by atoms with Crippen LogP contribution < -0.4 is 15.0 Å². The fourth-order valence-corrected chi connectivity index (χ4v) is 11.9. The highest BCUT2D eigenvalue weighted by atomic mass is 32.3. The molecule has 0 N–H and O–H groups in total. The van der Waals surface area contributed by atoms with Crippen LogP contribution in [-0.2, 0) is 0 Å². The predicted octanol–water partition coefficient (Wildman–Crippen LogP) is 17.7. The molecule has 0 aromatic heterocycles. The maximum Gasteiger partial charge on any atom is 0.0776 e. The van der Waals surface area contributed by atoms with E-state index < -0.39 is 18.1 Å². The summed E-state index contributed by atoms with van der Waals surface area (Å²) in [6.07, 6.45) is 7.19. The van der Waals surface area contributed by atoms with Gasteiger partial charge in [-0.1, -0.05) is 164 Å². The van der Waals surface area contributed by atoms with Crippen molar-refractivity contribution in [2.24, 2.45) is 0 Å². The summed E-state index contributed by atoms with van der Waals surface area (Å²) in [6, 6.07) is 68.8. The van der Waals surface area contributed by atoms with E-state index in [0.29, 0.717) is 0 Å². The van der Waals surface area contributed by atoms with Gasteiger partial charge in [0.25, 0.3) is 0 Å². The monoisotopic (exact) mass is 892 g/mol. The lowest BCUT2D eigenvalue weighted by Crippen LogP contribution is -2.37. The van der Waals surface area contributed by atoms with Gasteiger partial charge >= 0.3 is 0 Å². The third-order valence-corrected chi connectivity index (χ3v) is 17.4. The quantitative estimate of drug-likeness (QED) is 0.0997. The molecule has 0 saturated heterocycles. The zero-order chi connectivity index (χ0) is 46.1. The van der Waals surface area contributed by atoms with Gasteiger partial charge in [-0.25, -0.2) is 10.0 Å². The molecule has 0 atom stereocenters. The smallest absolute Gasteiger partial charge is 0.0776 e. The molecule has 0 bridgehead atoms. The molecule has 0 aliphatic carbocycles. The van der Waals surface area contributed by atoms with Crippen molar-refractivity contribution in [1.29, 1.82) is 0 Å². The summed E-state index contributed by atoms with van der Waals surface area (Å²) in [4.78, 5) is 6.53. The van der Waals surface area contributed by atoms with Gasteiger partial charge in [0.2, 0.25) is 0 Å². The van der Waals surface area contributed by atoms with Gasteiger partial charge in [-0.3, -0.25) is 0 Å². The third kappa shape index (κ3) is 7.76. The number of hydrogen-bond acceptors (Lipinski definition) is 2. The van der Waals surface area contributed by atoms with Gasteiger partial charge in [-0.05, 0) is 160 Å². The van der Waals surface area contributed by atoms with E-state index in [1.54, 1.807) is 0 Å². The first kappa shape index (κ1) is 43.3. The number of rotatable bonds is 10. The van der Waals surface area contributed by atoms with E-state index >= 15 is 0 Å². The molecule has 0 unspecified atom stereocenters. The molecule has 0 fully saturated rings. The van der Waals surface area contributed by atoms with Crippen LogP contribution in [0.5, 0.6) is 0 Å². The van der Waals surface area contributed by atoms with Crippen LogP contribution in [0.3, 0.4) is 0 Å². The van der Waals surface area contributed by atoms with Gasteiger partial charge in [0.05, 0.1) is 25.1 Å². The van der Waals surface area contributed by atoms with E-state index in [1.807, 2.05) is 0 Å². The summed E-state index contributed by atoms with van der Waals surface area (Å²) in [5.41, 5.74) is 17.0. The van der Waals surface area contributed by atoms with Crippen LogP contribution in [0.4, 0.5) is 34.1 Å². The van der Waals surface area contributed by atoms with Crippen molar-refractivity contribution in [1.82, 2.24) is 0 Å². The SMILES string of the molecule is Cc1ccc(-c2ccccc2)cc1N(c1cc([Si](C)(C)C)ccc1C)c1ccc2ccc3c(N(c4cc(-c5ccccc5)ccc4C)c4cc(S(C)(C)C)ccc4C)ccc4ccc1c2c43. The zero-order valence-electron chi connectivity index (χ0n) is 40.1. The van der Waals surface area contributed by atoms with Gasteiger partial charge in [0.1, 0.15) is 0 Å². The van der Waals surface area contributed by atoms with Crippen molar-refractivity contribution in [3.63, 3.8) is 0 Å². The second kappa shape index (κ2) is 16.7. The molecule has 10 aromatic carbocycles. The third-order valence-electron chi connectivity index (χ3n) is 13.7. The van der Waals surface area contributed by atoms with Crippen molar-refractivity contribution in [2.45, 2.75) is 52.2 Å². The highest BCUT2D eigenvalue weighted by Gasteiger charge is 2.27. The van der Waals surface area contributed by atoms with E-state index in [-0.39, 0.29) is 0 Å². The molecule has 0 amide bonds. The van der Waals surface area contributed by atoms with Gasteiger partial charge in [0, 0.05) is 27.8 Å². The van der Waals surface area contributed by atoms with Crippen LogP contribution in [0, 0.1) is 27.7 Å². The van der Waals surface area contributed by atoms with Crippen LogP contribution in [0.1, 0.15) is 22.3 Å². The van der Waals surface area contributed by atoms with E-state index in [2.05, 4.69) is 258 Å². The minimum absolute atomic E-state index is 1.01. The molecule has 66 heavy (non-hydrogen) atoms. The first-order valence-corrected chi connectivity index (χ1v) is 29.5. The largest absolute Gasteiger partial charge is 0.309 e. The Morgan fingerprint density at radius 3 is 1.18 bits per heavy atom. The molecule has 0 aliphatic heterocycles. The first-order chi connectivity index (χ1) is 31.7. The van der Waals surface area contributed by atoms with Crippen molar-refractivity contribution in [3.05, 3.63) is 204 Å². The first-order valence-electron chi connectivity index (χ1n) is 23.2. The Labute approximate surface area is 394 Å². The number of nitrogens with zero attached hydrogens (tertiary/aromatic N) is 2. The van der Waals surface area contributed by atoms with Gasteiger partial charge in [-0.2, -0.15) is 0 Å². The number of aryl methyl sites for hydroxylation is 4. The van der Waals surface area contributed by atoms with Gasteiger partial charge < -0.3 is 9.80 Å². The van der Waals surface area contributed by atoms with Crippen LogP contribution in [0.15, 0.2) is 187 Å². The second-order valence-corrected chi connectivity index (χ2v) is 29.3. The molecular formula is C62H60N2SSi. The van der Waals surface area contributed by atoms with E-state index in [4.69, 9.17) is 0 Å². The molecule has 0 saturated carbocycles. The van der Waals surface area contributed by atoms with Crippen molar-refractivity contribution in [2.75, 3.05) is 28.6 Å². The normalized spacial score (nSPS) is 12.3. The summed E-state index contributed by atoms with van der Waals surface area (Å²) < 4.78 is 0. The highest BCUT2D eigenvalue weighted by molar-refractivity contribution is 8.32. The van der Waals surface area contributed by atoms with Crippen LogP contribution in [0.25, 0.3) is 54.6 Å². The van der Waals surface area contributed by atoms with Crippen molar-refractivity contribution in [3.8, 4) is 22.3 Å². The minimum Gasteiger partial charge on any atom is -0.309 e. The molecule has 0 spiro atoms. The number of anilines is 6. The van der Waals surface area contributed by atoms with Gasteiger partial charge in [-0.15, -0.1) is 0 Å². The van der Waals surface area contributed by atoms with E-state index in [9.17, 15) is 0 Å². The molecule has 10 aromatic rings.